The molecule has 0 radical (unpaired) electrons. The quantitative estimate of drug-likeness (QED) is 0.673. The predicted octanol–water partition coefficient (Wildman–Crippen LogP) is 1.65. The summed E-state index contributed by atoms with van der Waals surface area (Å²) in [4.78, 5) is 26.9. The largest absolute Gasteiger partial charge is 0.370 e. The minimum absolute atomic E-state index is 0.118. The number of morpholine rings is 1. The van der Waals surface area contributed by atoms with E-state index in [9.17, 15) is 9.59 Å². The molecule has 29 heavy (non-hydrogen) atoms. The minimum atomic E-state index is -0.323. The number of hydrogen-bond donors (Lipinski definition) is 0. The second-order valence-electron chi connectivity index (χ2n) is 7.14. The van der Waals surface area contributed by atoms with Crippen LogP contribution in [0.25, 0.3) is 5.82 Å². The van der Waals surface area contributed by atoms with E-state index in [1.165, 1.54) is 10.7 Å². The van der Waals surface area contributed by atoms with Gasteiger partial charge in [0.2, 0.25) is 5.91 Å². The smallest absolute Gasteiger partial charge is 0.267 e. The van der Waals surface area contributed by atoms with Crippen molar-refractivity contribution in [2.75, 3.05) is 19.7 Å². The van der Waals surface area contributed by atoms with Crippen molar-refractivity contribution in [3.05, 3.63) is 75.8 Å². The lowest BCUT2D eigenvalue weighted by molar-refractivity contribution is -0.139. The molecule has 0 spiro atoms. The van der Waals surface area contributed by atoms with E-state index >= 15 is 0 Å². The lowest BCUT2D eigenvalue weighted by Crippen LogP contribution is -2.45. The van der Waals surface area contributed by atoms with Crippen LogP contribution in [-0.2, 0) is 16.1 Å². The molecule has 3 heterocycles. The van der Waals surface area contributed by atoms with Crippen LogP contribution in [0.5, 0.6) is 0 Å². The summed E-state index contributed by atoms with van der Waals surface area (Å²) >= 11 is 0. The van der Waals surface area contributed by atoms with Crippen molar-refractivity contribution >= 4 is 5.91 Å². The summed E-state index contributed by atoms with van der Waals surface area (Å²) < 4.78 is 8.68. The highest BCUT2D eigenvalue weighted by molar-refractivity contribution is 5.76. The third-order valence-electron chi connectivity index (χ3n) is 4.95. The first kappa shape index (κ1) is 19.1. The molecule has 1 fully saturated rings. The van der Waals surface area contributed by atoms with Gasteiger partial charge in [0.05, 0.1) is 18.8 Å². The molecular weight excluding hydrogens is 370 g/mol. The van der Waals surface area contributed by atoms with Crippen LogP contribution in [0.2, 0.25) is 0 Å². The van der Waals surface area contributed by atoms with E-state index in [1.54, 1.807) is 15.6 Å². The van der Waals surface area contributed by atoms with Crippen molar-refractivity contribution in [2.24, 2.45) is 0 Å². The maximum absolute atomic E-state index is 12.9. The summed E-state index contributed by atoms with van der Waals surface area (Å²) in [5, 5.41) is 8.75. The summed E-state index contributed by atoms with van der Waals surface area (Å²) in [6.45, 7) is 5.10. The topological polar surface area (TPSA) is 82.2 Å². The molecule has 1 aliphatic heterocycles. The number of rotatable bonds is 4. The van der Waals surface area contributed by atoms with Gasteiger partial charge < -0.3 is 9.64 Å². The number of amides is 1. The summed E-state index contributed by atoms with van der Waals surface area (Å²) in [7, 11) is 0. The Hall–Kier alpha value is -3.26. The Kier molecular flexibility index (Phi) is 5.26. The molecule has 0 bridgehead atoms. The number of benzene rings is 1. The zero-order valence-corrected chi connectivity index (χ0v) is 16.5. The summed E-state index contributed by atoms with van der Waals surface area (Å²) in [6.07, 6.45) is -0.167. The third kappa shape index (κ3) is 4.12. The zero-order chi connectivity index (χ0) is 20.4. The molecule has 0 saturated carbocycles. The molecule has 2 aromatic heterocycles. The van der Waals surface area contributed by atoms with Gasteiger partial charge in [-0.3, -0.25) is 9.59 Å². The van der Waals surface area contributed by atoms with Crippen molar-refractivity contribution in [3.63, 3.8) is 0 Å². The SMILES string of the molecule is Cc1cc(C)n(-c2ccc(=O)n(CC(=O)N3CCO[C@@H](c4ccccc4)C3)n2)n1. The summed E-state index contributed by atoms with van der Waals surface area (Å²) in [5.74, 6) is 0.349. The maximum atomic E-state index is 12.9. The minimum Gasteiger partial charge on any atom is -0.370 e. The van der Waals surface area contributed by atoms with E-state index in [4.69, 9.17) is 4.74 Å². The number of carbonyl (C=O) groups excluding carboxylic acids is 1. The Labute approximate surface area is 168 Å². The molecular formula is C21H23N5O3. The Morgan fingerprint density at radius 3 is 2.66 bits per heavy atom. The van der Waals surface area contributed by atoms with Gasteiger partial charge in [0.25, 0.3) is 5.56 Å². The van der Waals surface area contributed by atoms with Crippen LogP contribution in [0.15, 0.2) is 53.3 Å². The molecule has 0 unspecified atom stereocenters. The Morgan fingerprint density at radius 2 is 1.93 bits per heavy atom. The van der Waals surface area contributed by atoms with E-state index < -0.39 is 0 Å². The van der Waals surface area contributed by atoms with Crippen molar-refractivity contribution in [1.29, 1.82) is 0 Å². The van der Waals surface area contributed by atoms with Gasteiger partial charge in [0.1, 0.15) is 12.6 Å². The highest BCUT2D eigenvalue weighted by atomic mass is 16.5. The van der Waals surface area contributed by atoms with Gasteiger partial charge >= 0.3 is 0 Å². The molecule has 4 rings (SSSR count). The Bertz CT molecular complexity index is 1070. The van der Waals surface area contributed by atoms with Crippen LogP contribution >= 0.6 is 0 Å². The molecule has 1 atom stereocenters. The maximum Gasteiger partial charge on any atom is 0.267 e. The van der Waals surface area contributed by atoms with E-state index in [2.05, 4.69) is 10.2 Å². The van der Waals surface area contributed by atoms with Crippen LogP contribution in [0, 0.1) is 13.8 Å². The number of ether oxygens (including phenoxy) is 1. The molecule has 8 nitrogen and oxygen atoms in total. The van der Waals surface area contributed by atoms with Crippen molar-refractivity contribution < 1.29 is 9.53 Å². The van der Waals surface area contributed by atoms with Crippen molar-refractivity contribution in [1.82, 2.24) is 24.5 Å². The van der Waals surface area contributed by atoms with E-state index in [0.717, 1.165) is 17.0 Å². The molecule has 150 valence electrons. The lowest BCUT2D eigenvalue weighted by atomic mass is 10.1. The Morgan fingerprint density at radius 1 is 1.14 bits per heavy atom. The fourth-order valence-corrected chi connectivity index (χ4v) is 3.50. The molecule has 1 amide bonds. The summed E-state index contributed by atoms with van der Waals surface area (Å²) in [6, 6.07) is 14.8. The Balaban J connectivity index is 1.51. The van der Waals surface area contributed by atoms with Crippen molar-refractivity contribution in [3.8, 4) is 5.82 Å². The van der Waals surface area contributed by atoms with Gasteiger partial charge in [0.15, 0.2) is 5.82 Å². The molecule has 0 aliphatic carbocycles. The van der Waals surface area contributed by atoms with Crippen LogP contribution < -0.4 is 5.56 Å². The molecule has 0 N–H and O–H groups in total. The fraction of sp³-hybridized carbons (Fsp3) is 0.333. The highest BCUT2D eigenvalue weighted by Gasteiger charge is 2.25. The highest BCUT2D eigenvalue weighted by Crippen LogP contribution is 2.22. The van der Waals surface area contributed by atoms with E-state index in [-0.39, 0.29) is 24.1 Å². The standard InChI is InChI=1S/C21H23N5O3/c1-15-12-16(2)26(22-15)19-8-9-20(27)25(23-19)14-21(28)24-10-11-29-18(13-24)17-6-4-3-5-7-17/h3-9,12,18H,10-11,13-14H2,1-2H3/t18-/m1/s1. The predicted molar refractivity (Wildman–Crippen MR) is 107 cm³/mol. The number of nitrogens with zero attached hydrogens (tertiary/aromatic N) is 5. The van der Waals surface area contributed by atoms with Crippen LogP contribution in [-0.4, -0.2) is 50.1 Å². The molecule has 8 heteroatoms. The number of aromatic nitrogens is 4. The third-order valence-corrected chi connectivity index (χ3v) is 4.95. The van der Waals surface area contributed by atoms with Crippen molar-refractivity contribution in [2.45, 2.75) is 26.5 Å². The molecule has 1 saturated heterocycles. The number of aryl methyl sites for hydroxylation is 2. The van der Waals surface area contributed by atoms with E-state index in [1.807, 2.05) is 50.2 Å². The second kappa shape index (κ2) is 8.00. The molecule has 1 aromatic carbocycles. The van der Waals surface area contributed by atoms with Crippen LogP contribution in [0.3, 0.4) is 0 Å². The van der Waals surface area contributed by atoms with Gasteiger partial charge in [-0.05, 0) is 31.5 Å². The average Bonchev–Trinajstić information content (AvgIpc) is 3.08. The van der Waals surface area contributed by atoms with Gasteiger partial charge in [-0.1, -0.05) is 30.3 Å². The second-order valence-corrected chi connectivity index (χ2v) is 7.14. The first-order chi connectivity index (χ1) is 14.0. The van der Waals surface area contributed by atoms with E-state index in [0.29, 0.717) is 25.5 Å². The fourth-order valence-electron chi connectivity index (χ4n) is 3.50. The van der Waals surface area contributed by atoms with Gasteiger partial charge in [-0.15, -0.1) is 5.10 Å². The average molecular weight is 393 g/mol. The first-order valence-corrected chi connectivity index (χ1v) is 9.57. The number of hydrogen-bond acceptors (Lipinski definition) is 5. The molecule has 3 aromatic rings. The van der Waals surface area contributed by atoms with Crippen LogP contribution in [0.1, 0.15) is 23.1 Å². The lowest BCUT2D eigenvalue weighted by Gasteiger charge is -2.33. The normalized spacial score (nSPS) is 16.8. The van der Waals surface area contributed by atoms with Gasteiger partial charge in [0, 0.05) is 18.3 Å². The summed E-state index contributed by atoms with van der Waals surface area (Å²) in [5.41, 5.74) is 2.48. The monoisotopic (exact) mass is 393 g/mol. The zero-order valence-electron chi connectivity index (χ0n) is 16.5. The van der Waals surface area contributed by atoms with Gasteiger partial charge in [-0.25, -0.2) is 9.36 Å². The molecule has 1 aliphatic rings. The first-order valence-electron chi connectivity index (χ1n) is 9.57. The van der Waals surface area contributed by atoms with Crippen LogP contribution in [0.4, 0.5) is 0 Å². The number of carbonyl (C=O) groups is 1. The van der Waals surface area contributed by atoms with Gasteiger partial charge in [-0.2, -0.15) is 5.10 Å².